The van der Waals surface area contributed by atoms with Gasteiger partial charge in [0.1, 0.15) is 5.75 Å². The number of primary amides is 1. The van der Waals surface area contributed by atoms with Crippen LogP contribution < -0.4 is 11.4 Å². The first kappa shape index (κ1) is 30.5. The third kappa shape index (κ3) is 6.24. The van der Waals surface area contributed by atoms with Crippen LogP contribution in [0, 0.1) is 17.2 Å². The van der Waals surface area contributed by atoms with Gasteiger partial charge in [0.2, 0.25) is 11.5 Å². The number of carbonyl (C=O) groups excluding carboxylic acids is 2. The number of hydrogen-bond donors (Lipinski definition) is 3. The summed E-state index contributed by atoms with van der Waals surface area (Å²) >= 11 is 0. The predicted octanol–water partition coefficient (Wildman–Crippen LogP) is 5.82. The van der Waals surface area contributed by atoms with Crippen LogP contribution in [0.4, 0.5) is 0 Å². The molecule has 1 aromatic heterocycles. The number of ketones is 1. The lowest BCUT2D eigenvalue weighted by Gasteiger charge is -2.28. The van der Waals surface area contributed by atoms with Gasteiger partial charge in [-0.2, -0.15) is 0 Å². The number of phenolic OH excluding ortho intramolecular Hbond substituents is 1. The number of carbonyl (C=O) groups is 2. The van der Waals surface area contributed by atoms with Crippen molar-refractivity contribution in [3.05, 3.63) is 58.7 Å². The first-order valence-corrected chi connectivity index (χ1v) is 13.6. The molecule has 1 fully saturated rings. The fraction of sp³-hybridized carbons (Fsp3) is 0.516. The molecule has 7 nitrogen and oxygen atoms in total. The van der Waals surface area contributed by atoms with Gasteiger partial charge < -0.3 is 20.0 Å². The zero-order valence-corrected chi connectivity index (χ0v) is 24.8. The number of amides is 1. The lowest BCUT2D eigenvalue weighted by atomic mass is 9.78. The van der Waals surface area contributed by atoms with E-state index < -0.39 is 0 Å². The molecule has 1 aliphatic rings. The van der Waals surface area contributed by atoms with Crippen LogP contribution in [0.15, 0.2) is 36.4 Å². The summed E-state index contributed by atoms with van der Waals surface area (Å²) in [6.07, 6.45) is 3.38. The van der Waals surface area contributed by atoms with Crippen molar-refractivity contribution >= 4 is 35.1 Å². The molecule has 1 aliphatic carbocycles. The minimum atomic E-state index is -0.336. The number of aromatic nitrogens is 2. The molecule has 0 spiro atoms. The van der Waals surface area contributed by atoms with Gasteiger partial charge in [-0.05, 0) is 66.7 Å². The van der Waals surface area contributed by atoms with E-state index in [1.54, 1.807) is 4.57 Å². The molecule has 4 N–H and O–H groups in total. The minimum absolute atomic E-state index is 0. The average Bonchev–Trinajstić information content (AvgIpc) is 3.09. The van der Waals surface area contributed by atoms with Gasteiger partial charge in [-0.25, -0.2) is 0 Å². The van der Waals surface area contributed by atoms with Crippen molar-refractivity contribution < 1.29 is 14.7 Å². The number of imidazole rings is 1. The number of Topliss-reactive ketones (excluding diaryl/α,β-unsaturated/α-hetero) is 1. The van der Waals surface area contributed by atoms with E-state index in [-0.39, 0.29) is 53.1 Å². The van der Waals surface area contributed by atoms with Crippen molar-refractivity contribution in [1.29, 1.82) is 5.41 Å². The second-order valence-electron chi connectivity index (χ2n) is 13.0. The van der Waals surface area contributed by atoms with Crippen molar-refractivity contribution in [2.75, 3.05) is 0 Å². The Morgan fingerprint density at radius 1 is 0.923 bits per heavy atom. The highest BCUT2D eigenvalue weighted by Gasteiger charge is 2.29. The van der Waals surface area contributed by atoms with E-state index in [0.29, 0.717) is 23.6 Å². The van der Waals surface area contributed by atoms with Gasteiger partial charge in [-0.3, -0.25) is 15.0 Å². The van der Waals surface area contributed by atoms with Crippen molar-refractivity contribution in [2.24, 2.45) is 17.6 Å². The highest BCUT2D eigenvalue weighted by Crippen LogP contribution is 2.40. The number of nitrogens with one attached hydrogen (secondary N) is 1. The summed E-state index contributed by atoms with van der Waals surface area (Å²) < 4.78 is 3.78. The molecule has 39 heavy (non-hydrogen) atoms. The number of rotatable bonds is 6. The Labute approximate surface area is 237 Å². The number of para-hydroxylation sites is 2. The molecule has 1 heterocycles. The van der Waals surface area contributed by atoms with Crippen molar-refractivity contribution in [1.82, 2.24) is 9.13 Å². The third-order valence-electron chi connectivity index (χ3n) is 8.01. The lowest BCUT2D eigenvalue weighted by Crippen LogP contribution is -2.32. The zero-order chi connectivity index (χ0) is 28.0. The number of aromatic hydroxyl groups is 1. The minimum Gasteiger partial charge on any atom is -0.507 e. The van der Waals surface area contributed by atoms with Gasteiger partial charge in [0.25, 0.3) is 0 Å². The van der Waals surface area contributed by atoms with Crippen LogP contribution >= 0.6 is 12.4 Å². The normalized spacial score (nSPS) is 18.1. The summed E-state index contributed by atoms with van der Waals surface area (Å²) in [6.45, 7) is 12.9. The molecular weight excluding hydrogens is 512 g/mol. The standard InChI is InChI=1S/C31H42N4O3.ClH/c1-30(2,3)22-15-21(16-23(27(22)37)31(4,5)6)26(36)18-35-25-10-8-7-9-24(25)34(29(35)33)17-19-11-13-20(14-12-19)28(32)38;/h7-10,15-16,19-20,33,37H,11-14,17-18H2,1-6H3,(H2,32,38);1H. The van der Waals surface area contributed by atoms with Gasteiger partial charge in [-0.1, -0.05) is 53.7 Å². The number of phenols is 1. The number of nitrogens with two attached hydrogens (primary N) is 1. The number of halogens is 1. The fourth-order valence-corrected chi connectivity index (χ4v) is 5.70. The molecule has 0 unspecified atom stereocenters. The maximum Gasteiger partial charge on any atom is 0.220 e. The summed E-state index contributed by atoms with van der Waals surface area (Å²) in [5.74, 6) is 0.246. The van der Waals surface area contributed by atoms with Crippen molar-refractivity contribution in [3.63, 3.8) is 0 Å². The summed E-state index contributed by atoms with van der Waals surface area (Å²) in [5, 5.41) is 20.1. The Morgan fingerprint density at radius 3 is 1.87 bits per heavy atom. The molecule has 1 amide bonds. The summed E-state index contributed by atoms with van der Waals surface area (Å²) in [6, 6.07) is 11.5. The van der Waals surface area contributed by atoms with Gasteiger partial charge in [0, 0.05) is 29.2 Å². The molecular formula is C31H43ClN4O3. The van der Waals surface area contributed by atoms with Crippen LogP contribution in [-0.4, -0.2) is 25.9 Å². The first-order valence-electron chi connectivity index (χ1n) is 13.6. The van der Waals surface area contributed by atoms with E-state index in [1.807, 2.05) is 82.5 Å². The molecule has 0 radical (unpaired) electrons. The maximum atomic E-state index is 13.7. The summed E-state index contributed by atoms with van der Waals surface area (Å²) in [5.41, 5.74) is 8.96. The molecule has 2 aromatic carbocycles. The highest BCUT2D eigenvalue weighted by atomic mass is 35.5. The molecule has 0 aliphatic heterocycles. The Morgan fingerprint density at radius 2 is 1.41 bits per heavy atom. The van der Waals surface area contributed by atoms with Crippen LogP contribution in [0.1, 0.15) is 88.7 Å². The van der Waals surface area contributed by atoms with Crippen LogP contribution in [0.2, 0.25) is 0 Å². The highest BCUT2D eigenvalue weighted by molar-refractivity contribution is 5.97. The fourth-order valence-electron chi connectivity index (χ4n) is 5.70. The van der Waals surface area contributed by atoms with Crippen molar-refractivity contribution in [2.45, 2.75) is 91.1 Å². The second-order valence-corrected chi connectivity index (χ2v) is 13.0. The quantitative estimate of drug-likeness (QED) is 0.333. The molecule has 212 valence electrons. The maximum absolute atomic E-state index is 13.7. The van der Waals surface area contributed by atoms with Gasteiger partial charge in [-0.15, -0.1) is 12.4 Å². The van der Waals surface area contributed by atoms with Gasteiger partial charge >= 0.3 is 0 Å². The Kier molecular flexibility index (Phi) is 8.76. The van der Waals surface area contributed by atoms with Crippen LogP contribution in [0.3, 0.4) is 0 Å². The number of hydrogen-bond acceptors (Lipinski definition) is 4. The van der Waals surface area contributed by atoms with Crippen LogP contribution in [-0.2, 0) is 28.7 Å². The van der Waals surface area contributed by atoms with E-state index in [2.05, 4.69) is 0 Å². The SMILES string of the molecule is CC(C)(C)c1cc(C(=O)Cn2c(=N)n(CC3CCC(C(N)=O)CC3)c3ccccc32)cc(C(C)(C)C)c1O.Cl. The molecule has 0 atom stereocenters. The van der Waals surface area contributed by atoms with Gasteiger partial charge in [0.15, 0.2) is 5.78 Å². The zero-order valence-electron chi connectivity index (χ0n) is 24.0. The van der Waals surface area contributed by atoms with E-state index in [0.717, 1.165) is 47.8 Å². The average molecular weight is 555 g/mol. The van der Waals surface area contributed by atoms with E-state index >= 15 is 0 Å². The number of fused-ring (bicyclic) bond motifs is 1. The molecule has 8 heteroatoms. The molecule has 4 rings (SSSR count). The number of nitrogens with zero attached hydrogens (tertiary/aromatic N) is 2. The summed E-state index contributed by atoms with van der Waals surface area (Å²) in [7, 11) is 0. The molecule has 0 bridgehead atoms. The smallest absolute Gasteiger partial charge is 0.220 e. The second kappa shape index (κ2) is 11.2. The first-order chi connectivity index (χ1) is 17.7. The monoisotopic (exact) mass is 554 g/mol. The van der Waals surface area contributed by atoms with Crippen LogP contribution in [0.25, 0.3) is 11.0 Å². The van der Waals surface area contributed by atoms with E-state index in [1.165, 1.54) is 0 Å². The lowest BCUT2D eigenvalue weighted by molar-refractivity contribution is -0.123. The van der Waals surface area contributed by atoms with Crippen LogP contribution in [0.5, 0.6) is 5.75 Å². The topological polar surface area (TPSA) is 114 Å². The Hall–Kier alpha value is -3.06. The third-order valence-corrected chi connectivity index (χ3v) is 8.01. The van der Waals surface area contributed by atoms with Crippen molar-refractivity contribution in [3.8, 4) is 5.75 Å². The van der Waals surface area contributed by atoms with Gasteiger partial charge in [0.05, 0.1) is 17.6 Å². The molecule has 1 saturated carbocycles. The largest absolute Gasteiger partial charge is 0.507 e. The molecule has 0 saturated heterocycles. The Bertz CT molecular complexity index is 1400. The van der Waals surface area contributed by atoms with E-state index in [4.69, 9.17) is 11.1 Å². The Balaban J connectivity index is 0.00000420. The molecule has 3 aromatic rings. The van der Waals surface area contributed by atoms with E-state index in [9.17, 15) is 14.7 Å². The predicted molar refractivity (Wildman–Crippen MR) is 158 cm³/mol. The number of benzene rings is 2. The summed E-state index contributed by atoms with van der Waals surface area (Å²) in [4.78, 5) is 25.3.